The molecule has 2 saturated heterocycles. The minimum absolute atomic E-state index is 0. The van der Waals surface area contributed by atoms with E-state index in [1.165, 1.54) is 0 Å². The van der Waals surface area contributed by atoms with Gasteiger partial charge >= 0.3 is 0 Å². The SMILES string of the molecule is CCNC(=NCc1cccc(C(=O)NC)c1)N1CCN(C(C)C(=O)N2CCCC2)CC1.I. The second-order valence-electron chi connectivity index (χ2n) is 8.18. The van der Waals surface area contributed by atoms with Gasteiger partial charge in [0.05, 0.1) is 12.6 Å². The number of halogens is 1. The number of aliphatic imine (C=N–C) groups is 1. The molecule has 2 heterocycles. The molecule has 32 heavy (non-hydrogen) atoms. The first-order valence-corrected chi connectivity index (χ1v) is 11.4. The predicted octanol–water partition coefficient (Wildman–Crippen LogP) is 1.76. The van der Waals surface area contributed by atoms with Crippen LogP contribution in [0.1, 0.15) is 42.6 Å². The quantitative estimate of drug-likeness (QED) is 0.317. The number of nitrogens with zero attached hydrogens (tertiary/aromatic N) is 4. The molecule has 0 radical (unpaired) electrons. The maximum absolute atomic E-state index is 12.7. The van der Waals surface area contributed by atoms with Crippen molar-refractivity contribution in [2.75, 3.05) is 52.9 Å². The van der Waals surface area contributed by atoms with Crippen LogP contribution < -0.4 is 10.6 Å². The summed E-state index contributed by atoms with van der Waals surface area (Å²) in [6.07, 6.45) is 2.25. The zero-order chi connectivity index (χ0) is 22.2. The molecule has 0 saturated carbocycles. The minimum Gasteiger partial charge on any atom is -0.357 e. The van der Waals surface area contributed by atoms with E-state index in [0.29, 0.717) is 12.1 Å². The van der Waals surface area contributed by atoms with Crippen molar-refractivity contribution in [1.29, 1.82) is 0 Å². The maximum atomic E-state index is 12.7. The number of amides is 2. The van der Waals surface area contributed by atoms with Crippen LogP contribution in [0.25, 0.3) is 0 Å². The monoisotopic (exact) mass is 556 g/mol. The molecule has 1 unspecified atom stereocenters. The molecule has 1 aromatic carbocycles. The topological polar surface area (TPSA) is 80.3 Å². The summed E-state index contributed by atoms with van der Waals surface area (Å²) < 4.78 is 0. The van der Waals surface area contributed by atoms with Crippen molar-refractivity contribution < 1.29 is 9.59 Å². The third kappa shape index (κ3) is 6.81. The van der Waals surface area contributed by atoms with Crippen molar-refractivity contribution in [2.24, 2.45) is 4.99 Å². The Morgan fingerprint density at radius 2 is 1.75 bits per heavy atom. The molecule has 1 aromatic rings. The van der Waals surface area contributed by atoms with Crippen LogP contribution in [-0.2, 0) is 11.3 Å². The molecule has 0 bridgehead atoms. The Hall–Kier alpha value is -1.88. The van der Waals surface area contributed by atoms with Gasteiger partial charge in [-0.15, -0.1) is 24.0 Å². The summed E-state index contributed by atoms with van der Waals surface area (Å²) in [6.45, 7) is 10.6. The highest BCUT2D eigenvalue weighted by Crippen LogP contribution is 2.14. The molecule has 2 N–H and O–H groups in total. The first-order chi connectivity index (χ1) is 15.0. The highest BCUT2D eigenvalue weighted by molar-refractivity contribution is 14.0. The van der Waals surface area contributed by atoms with Gasteiger partial charge in [-0.2, -0.15) is 0 Å². The Kier molecular flexibility index (Phi) is 10.7. The highest BCUT2D eigenvalue weighted by atomic mass is 127. The Balaban J connectivity index is 0.00000363. The van der Waals surface area contributed by atoms with E-state index in [1.807, 2.05) is 30.0 Å². The van der Waals surface area contributed by atoms with E-state index in [0.717, 1.165) is 70.2 Å². The van der Waals surface area contributed by atoms with Gasteiger partial charge in [-0.3, -0.25) is 14.5 Å². The van der Waals surface area contributed by atoms with Gasteiger partial charge in [-0.25, -0.2) is 4.99 Å². The normalized spacial score (nSPS) is 18.2. The molecule has 2 aliphatic rings. The molecule has 1 atom stereocenters. The third-order valence-corrected chi connectivity index (χ3v) is 6.10. The molecule has 2 aliphatic heterocycles. The van der Waals surface area contributed by atoms with E-state index in [4.69, 9.17) is 4.99 Å². The molecule has 0 spiro atoms. The number of nitrogens with one attached hydrogen (secondary N) is 2. The highest BCUT2D eigenvalue weighted by Gasteiger charge is 2.30. The molecule has 0 aromatic heterocycles. The summed E-state index contributed by atoms with van der Waals surface area (Å²) in [4.78, 5) is 36.0. The summed E-state index contributed by atoms with van der Waals surface area (Å²) in [5, 5.41) is 6.04. The van der Waals surface area contributed by atoms with Crippen molar-refractivity contribution >= 4 is 41.8 Å². The van der Waals surface area contributed by atoms with Gasteiger partial charge in [-0.05, 0) is 44.4 Å². The zero-order valence-corrected chi connectivity index (χ0v) is 21.8. The van der Waals surface area contributed by atoms with E-state index < -0.39 is 0 Å². The van der Waals surface area contributed by atoms with E-state index in [9.17, 15) is 9.59 Å². The number of likely N-dealkylation sites (tertiary alicyclic amines) is 1. The fourth-order valence-electron chi connectivity index (χ4n) is 4.23. The second-order valence-corrected chi connectivity index (χ2v) is 8.18. The molecule has 9 heteroatoms. The standard InChI is InChI=1S/C23H36N6O2.HI/c1-4-25-23(26-17-19-8-7-9-20(16-19)21(30)24-3)29-14-12-27(13-15-29)18(2)22(31)28-10-5-6-11-28;/h7-9,16,18H,4-6,10-15,17H2,1-3H3,(H,24,30)(H,25,26);1H. The molecule has 178 valence electrons. The number of carbonyl (C=O) groups excluding carboxylic acids is 2. The number of piperazine rings is 1. The van der Waals surface area contributed by atoms with Gasteiger partial charge in [0.15, 0.2) is 5.96 Å². The number of benzene rings is 1. The Morgan fingerprint density at radius 3 is 2.38 bits per heavy atom. The van der Waals surface area contributed by atoms with Gasteiger partial charge in [0.25, 0.3) is 5.91 Å². The van der Waals surface area contributed by atoms with Crippen LogP contribution in [0.4, 0.5) is 0 Å². The number of hydrogen-bond donors (Lipinski definition) is 2. The summed E-state index contributed by atoms with van der Waals surface area (Å²) in [6, 6.07) is 7.51. The molecule has 8 nitrogen and oxygen atoms in total. The summed E-state index contributed by atoms with van der Waals surface area (Å²) in [5.74, 6) is 1.06. The van der Waals surface area contributed by atoms with Gasteiger partial charge in [-0.1, -0.05) is 12.1 Å². The second kappa shape index (κ2) is 13.0. The first kappa shape index (κ1) is 26.4. The van der Waals surface area contributed by atoms with Crippen molar-refractivity contribution in [1.82, 2.24) is 25.3 Å². The molecule has 0 aliphatic carbocycles. The smallest absolute Gasteiger partial charge is 0.251 e. The van der Waals surface area contributed by atoms with E-state index >= 15 is 0 Å². The Bertz CT molecular complexity index is 788. The van der Waals surface area contributed by atoms with E-state index in [-0.39, 0.29) is 41.8 Å². The van der Waals surface area contributed by atoms with Crippen molar-refractivity contribution in [3.63, 3.8) is 0 Å². The lowest BCUT2D eigenvalue weighted by molar-refractivity contribution is -0.135. The van der Waals surface area contributed by atoms with Crippen molar-refractivity contribution in [3.05, 3.63) is 35.4 Å². The molecule has 2 amide bonds. The summed E-state index contributed by atoms with van der Waals surface area (Å²) in [5.41, 5.74) is 1.64. The average Bonchev–Trinajstić information content (AvgIpc) is 3.35. The first-order valence-electron chi connectivity index (χ1n) is 11.4. The molecule has 2 fully saturated rings. The molecule has 3 rings (SSSR count). The lowest BCUT2D eigenvalue weighted by Gasteiger charge is -2.39. The van der Waals surface area contributed by atoms with Crippen LogP contribution in [0.2, 0.25) is 0 Å². The number of rotatable bonds is 6. The van der Waals surface area contributed by atoms with Crippen LogP contribution in [0.15, 0.2) is 29.3 Å². The molecular weight excluding hydrogens is 519 g/mol. The number of hydrogen-bond acceptors (Lipinski definition) is 4. The fourth-order valence-corrected chi connectivity index (χ4v) is 4.23. The van der Waals surface area contributed by atoms with E-state index in [2.05, 4.69) is 27.4 Å². The molecular formula is C23H37IN6O2. The largest absolute Gasteiger partial charge is 0.357 e. The van der Waals surface area contributed by atoms with Crippen LogP contribution in [0.3, 0.4) is 0 Å². The van der Waals surface area contributed by atoms with E-state index in [1.54, 1.807) is 13.1 Å². The summed E-state index contributed by atoms with van der Waals surface area (Å²) >= 11 is 0. The lowest BCUT2D eigenvalue weighted by Crippen LogP contribution is -2.57. The van der Waals surface area contributed by atoms with Gasteiger partial charge < -0.3 is 20.4 Å². The Labute approximate surface area is 208 Å². The Morgan fingerprint density at radius 1 is 1.06 bits per heavy atom. The van der Waals surface area contributed by atoms with Crippen molar-refractivity contribution in [3.8, 4) is 0 Å². The number of guanidine groups is 1. The van der Waals surface area contributed by atoms with Gasteiger partial charge in [0.2, 0.25) is 5.91 Å². The zero-order valence-electron chi connectivity index (χ0n) is 19.5. The van der Waals surface area contributed by atoms with Crippen LogP contribution in [0, 0.1) is 0 Å². The average molecular weight is 556 g/mol. The van der Waals surface area contributed by atoms with Crippen molar-refractivity contribution in [2.45, 2.75) is 39.3 Å². The fraction of sp³-hybridized carbons (Fsp3) is 0.609. The number of carbonyl (C=O) groups is 2. The predicted molar refractivity (Wildman–Crippen MR) is 138 cm³/mol. The van der Waals surface area contributed by atoms with Gasteiger partial charge in [0.1, 0.15) is 0 Å². The van der Waals surface area contributed by atoms with Gasteiger partial charge in [0, 0.05) is 58.4 Å². The van der Waals surface area contributed by atoms with Crippen LogP contribution in [0.5, 0.6) is 0 Å². The van der Waals surface area contributed by atoms with Crippen LogP contribution in [-0.4, -0.2) is 91.4 Å². The maximum Gasteiger partial charge on any atom is 0.251 e. The minimum atomic E-state index is -0.0912. The van der Waals surface area contributed by atoms with Crippen LogP contribution >= 0.6 is 24.0 Å². The third-order valence-electron chi connectivity index (χ3n) is 6.10. The summed E-state index contributed by atoms with van der Waals surface area (Å²) in [7, 11) is 1.63. The lowest BCUT2D eigenvalue weighted by atomic mass is 10.1.